The average Bonchev–Trinajstić information content (AvgIpc) is 2.93. The minimum Gasteiger partial charge on any atom is -0.360 e. The summed E-state index contributed by atoms with van der Waals surface area (Å²) in [6.07, 6.45) is 3.66. The molecular formula is C15H19N5O2. The van der Waals surface area contributed by atoms with Crippen LogP contribution in [0, 0.1) is 12.8 Å². The predicted octanol–water partition coefficient (Wildman–Crippen LogP) is 2.39. The maximum atomic E-state index is 12.5. The standard InChI is InChI=1S/C15H19N5O2/c1-10-4-7-20(8-5-10)14(21)12-3-6-16-15(17-12)18-13-9-11(2)22-19-13/h3,6,9-10H,4-5,7-8H2,1-2H3,(H,16,17,18,19). The number of likely N-dealkylation sites (tertiary alicyclic amines) is 1. The molecule has 1 amide bonds. The van der Waals surface area contributed by atoms with Gasteiger partial charge < -0.3 is 14.7 Å². The Hall–Kier alpha value is -2.44. The number of aryl methyl sites for hydroxylation is 1. The van der Waals surface area contributed by atoms with Gasteiger partial charge >= 0.3 is 0 Å². The average molecular weight is 301 g/mol. The van der Waals surface area contributed by atoms with Crippen molar-refractivity contribution in [1.29, 1.82) is 0 Å². The molecule has 0 saturated carbocycles. The van der Waals surface area contributed by atoms with Crippen LogP contribution in [0.3, 0.4) is 0 Å². The zero-order chi connectivity index (χ0) is 15.5. The monoisotopic (exact) mass is 301 g/mol. The fourth-order valence-corrected chi connectivity index (χ4v) is 2.45. The highest BCUT2D eigenvalue weighted by molar-refractivity contribution is 5.92. The Labute approximate surface area is 128 Å². The van der Waals surface area contributed by atoms with E-state index in [2.05, 4.69) is 27.4 Å². The van der Waals surface area contributed by atoms with E-state index < -0.39 is 0 Å². The van der Waals surface area contributed by atoms with Crippen LogP contribution in [0.4, 0.5) is 11.8 Å². The lowest BCUT2D eigenvalue weighted by Gasteiger charge is -2.30. The number of amides is 1. The lowest BCUT2D eigenvalue weighted by atomic mass is 9.99. The van der Waals surface area contributed by atoms with Crippen molar-refractivity contribution in [2.75, 3.05) is 18.4 Å². The summed E-state index contributed by atoms with van der Waals surface area (Å²) in [6, 6.07) is 3.38. The summed E-state index contributed by atoms with van der Waals surface area (Å²) < 4.78 is 4.98. The molecule has 0 aliphatic carbocycles. The zero-order valence-corrected chi connectivity index (χ0v) is 12.7. The van der Waals surface area contributed by atoms with Crippen LogP contribution in [-0.2, 0) is 0 Å². The van der Waals surface area contributed by atoms with Gasteiger partial charge in [0, 0.05) is 25.4 Å². The summed E-state index contributed by atoms with van der Waals surface area (Å²) in [6.45, 7) is 5.59. The molecule has 1 N–H and O–H groups in total. The number of hydrogen-bond donors (Lipinski definition) is 1. The highest BCUT2D eigenvalue weighted by Gasteiger charge is 2.22. The Morgan fingerprint density at radius 2 is 2.18 bits per heavy atom. The van der Waals surface area contributed by atoms with Crippen LogP contribution in [0.15, 0.2) is 22.9 Å². The molecule has 0 bridgehead atoms. The van der Waals surface area contributed by atoms with Gasteiger partial charge in [0.2, 0.25) is 5.95 Å². The van der Waals surface area contributed by atoms with Gasteiger partial charge in [-0.2, -0.15) is 0 Å². The fraction of sp³-hybridized carbons (Fsp3) is 0.467. The van der Waals surface area contributed by atoms with E-state index in [1.54, 1.807) is 25.3 Å². The Morgan fingerprint density at radius 1 is 1.41 bits per heavy atom. The molecule has 1 saturated heterocycles. The van der Waals surface area contributed by atoms with Gasteiger partial charge in [-0.1, -0.05) is 12.1 Å². The van der Waals surface area contributed by atoms with Gasteiger partial charge in [0.15, 0.2) is 5.82 Å². The number of rotatable bonds is 3. The van der Waals surface area contributed by atoms with Gasteiger partial charge in [0.1, 0.15) is 11.5 Å². The van der Waals surface area contributed by atoms with Crippen LogP contribution in [0.1, 0.15) is 36.0 Å². The first-order valence-corrected chi connectivity index (χ1v) is 7.44. The molecule has 0 atom stereocenters. The van der Waals surface area contributed by atoms with E-state index in [0.717, 1.165) is 25.9 Å². The van der Waals surface area contributed by atoms with Crippen LogP contribution >= 0.6 is 0 Å². The van der Waals surface area contributed by atoms with Crippen molar-refractivity contribution in [3.8, 4) is 0 Å². The van der Waals surface area contributed by atoms with E-state index in [-0.39, 0.29) is 5.91 Å². The first-order chi connectivity index (χ1) is 10.6. The van der Waals surface area contributed by atoms with Crippen LogP contribution in [0.2, 0.25) is 0 Å². The van der Waals surface area contributed by atoms with Crippen molar-refractivity contribution < 1.29 is 9.32 Å². The normalized spacial score (nSPS) is 15.8. The molecule has 22 heavy (non-hydrogen) atoms. The molecule has 1 fully saturated rings. The lowest BCUT2D eigenvalue weighted by Crippen LogP contribution is -2.38. The number of carbonyl (C=O) groups excluding carboxylic acids is 1. The predicted molar refractivity (Wildman–Crippen MR) is 80.9 cm³/mol. The molecule has 0 spiro atoms. The lowest BCUT2D eigenvalue weighted by molar-refractivity contribution is 0.0691. The largest absolute Gasteiger partial charge is 0.360 e. The van der Waals surface area contributed by atoms with Crippen molar-refractivity contribution in [2.24, 2.45) is 5.92 Å². The van der Waals surface area contributed by atoms with Crippen molar-refractivity contribution in [3.05, 3.63) is 29.8 Å². The second kappa shape index (κ2) is 6.13. The van der Waals surface area contributed by atoms with Crippen molar-refractivity contribution >= 4 is 17.7 Å². The summed E-state index contributed by atoms with van der Waals surface area (Å²) in [5, 5.41) is 6.75. The molecule has 3 heterocycles. The number of nitrogens with zero attached hydrogens (tertiary/aromatic N) is 4. The fourth-order valence-electron chi connectivity index (χ4n) is 2.45. The van der Waals surface area contributed by atoms with E-state index in [0.29, 0.717) is 29.1 Å². The minimum atomic E-state index is -0.0475. The zero-order valence-electron chi connectivity index (χ0n) is 12.7. The number of nitrogens with one attached hydrogen (secondary N) is 1. The highest BCUT2D eigenvalue weighted by Crippen LogP contribution is 2.18. The summed E-state index contributed by atoms with van der Waals surface area (Å²) in [4.78, 5) is 22.7. The highest BCUT2D eigenvalue weighted by atomic mass is 16.5. The van der Waals surface area contributed by atoms with E-state index in [4.69, 9.17) is 4.52 Å². The third-order valence-electron chi connectivity index (χ3n) is 3.81. The second-order valence-corrected chi connectivity index (χ2v) is 5.69. The van der Waals surface area contributed by atoms with Crippen molar-refractivity contribution in [1.82, 2.24) is 20.0 Å². The molecule has 116 valence electrons. The third kappa shape index (κ3) is 3.24. The molecule has 0 unspecified atom stereocenters. The molecule has 1 aliphatic heterocycles. The number of piperidine rings is 1. The Bertz CT molecular complexity index is 661. The van der Waals surface area contributed by atoms with Gasteiger partial charge in [-0.15, -0.1) is 0 Å². The van der Waals surface area contributed by atoms with E-state index in [1.807, 2.05) is 4.90 Å². The van der Waals surface area contributed by atoms with Gasteiger partial charge in [0.25, 0.3) is 5.91 Å². The molecule has 0 radical (unpaired) electrons. The summed E-state index contributed by atoms with van der Waals surface area (Å²) in [7, 11) is 0. The number of anilines is 2. The summed E-state index contributed by atoms with van der Waals surface area (Å²) in [5.74, 6) is 2.19. The topological polar surface area (TPSA) is 84.2 Å². The Balaban J connectivity index is 1.71. The summed E-state index contributed by atoms with van der Waals surface area (Å²) >= 11 is 0. The number of aromatic nitrogens is 3. The molecule has 1 aliphatic rings. The maximum Gasteiger partial charge on any atom is 0.272 e. The molecule has 0 aromatic carbocycles. The molecule has 2 aromatic heterocycles. The molecule has 7 heteroatoms. The molecular weight excluding hydrogens is 282 g/mol. The maximum absolute atomic E-state index is 12.5. The van der Waals surface area contributed by atoms with Gasteiger partial charge in [-0.3, -0.25) is 4.79 Å². The molecule has 2 aromatic rings. The first-order valence-electron chi connectivity index (χ1n) is 7.44. The first kappa shape index (κ1) is 14.5. The van der Waals surface area contributed by atoms with Crippen molar-refractivity contribution in [2.45, 2.75) is 26.7 Å². The quantitative estimate of drug-likeness (QED) is 0.937. The van der Waals surface area contributed by atoms with Crippen LogP contribution in [0.25, 0.3) is 0 Å². The van der Waals surface area contributed by atoms with Gasteiger partial charge in [0.05, 0.1) is 0 Å². The van der Waals surface area contributed by atoms with Crippen LogP contribution in [-0.4, -0.2) is 39.0 Å². The van der Waals surface area contributed by atoms with Crippen LogP contribution < -0.4 is 5.32 Å². The number of carbonyl (C=O) groups is 1. The van der Waals surface area contributed by atoms with E-state index in [1.165, 1.54) is 0 Å². The third-order valence-corrected chi connectivity index (χ3v) is 3.81. The molecule has 3 rings (SSSR count). The van der Waals surface area contributed by atoms with Gasteiger partial charge in [-0.05, 0) is 31.7 Å². The SMILES string of the molecule is Cc1cc(Nc2nccc(C(=O)N3CCC(C)CC3)n2)no1. The smallest absolute Gasteiger partial charge is 0.272 e. The summed E-state index contributed by atoms with van der Waals surface area (Å²) in [5.41, 5.74) is 0.396. The Morgan fingerprint density at radius 3 is 2.86 bits per heavy atom. The molecule has 7 nitrogen and oxygen atoms in total. The number of hydrogen-bond acceptors (Lipinski definition) is 6. The van der Waals surface area contributed by atoms with Crippen LogP contribution in [0.5, 0.6) is 0 Å². The second-order valence-electron chi connectivity index (χ2n) is 5.69. The van der Waals surface area contributed by atoms with Crippen molar-refractivity contribution in [3.63, 3.8) is 0 Å². The minimum absolute atomic E-state index is 0.0475. The van der Waals surface area contributed by atoms with E-state index >= 15 is 0 Å². The Kier molecular flexibility index (Phi) is 4.04. The van der Waals surface area contributed by atoms with Gasteiger partial charge in [-0.25, -0.2) is 9.97 Å². The van der Waals surface area contributed by atoms with E-state index in [9.17, 15) is 4.79 Å².